The fourth-order valence-electron chi connectivity index (χ4n) is 2.65. The van der Waals surface area contributed by atoms with Crippen molar-refractivity contribution >= 4 is 11.7 Å². The van der Waals surface area contributed by atoms with Crippen molar-refractivity contribution in [1.82, 2.24) is 4.90 Å². The Morgan fingerprint density at radius 3 is 2.26 bits per heavy atom. The molecule has 0 unspecified atom stereocenters. The summed E-state index contributed by atoms with van der Waals surface area (Å²) in [6.45, 7) is 3.91. The van der Waals surface area contributed by atoms with Crippen LogP contribution < -0.4 is 10.1 Å². The number of piperidine rings is 1. The highest BCUT2D eigenvalue weighted by atomic mass is 16.5. The zero-order chi connectivity index (χ0) is 16.1. The standard InChI is InChI=1S/C19H22N2O2/c1-15-11-13-21(14-12-15)19(22)20-16-7-9-18(10-8-16)23-17-5-3-2-4-6-17/h2-10,15H,11-14H2,1H3,(H,20,22). The van der Waals surface area contributed by atoms with Crippen molar-refractivity contribution in [3.05, 3.63) is 54.6 Å². The molecule has 0 radical (unpaired) electrons. The molecule has 3 rings (SSSR count). The SMILES string of the molecule is CC1CCN(C(=O)Nc2ccc(Oc3ccccc3)cc2)CC1. The molecule has 0 bridgehead atoms. The molecule has 0 aliphatic carbocycles. The highest BCUT2D eigenvalue weighted by Crippen LogP contribution is 2.23. The van der Waals surface area contributed by atoms with E-state index >= 15 is 0 Å². The van der Waals surface area contributed by atoms with Crippen molar-refractivity contribution < 1.29 is 9.53 Å². The number of carbonyl (C=O) groups excluding carboxylic acids is 1. The van der Waals surface area contributed by atoms with Gasteiger partial charge in [0.15, 0.2) is 0 Å². The number of rotatable bonds is 3. The molecule has 4 heteroatoms. The number of para-hydroxylation sites is 1. The van der Waals surface area contributed by atoms with E-state index in [1.165, 1.54) is 0 Å². The zero-order valence-corrected chi connectivity index (χ0v) is 13.4. The van der Waals surface area contributed by atoms with Gasteiger partial charge in [0.05, 0.1) is 0 Å². The number of anilines is 1. The lowest BCUT2D eigenvalue weighted by Crippen LogP contribution is -2.40. The van der Waals surface area contributed by atoms with Gasteiger partial charge < -0.3 is 15.0 Å². The molecule has 0 saturated carbocycles. The van der Waals surface area contributed by atoms with Crippen LogP contribution in [0.25, 0.3) is 0 Å². The van der Waals surface area contributed by atoms with Crippen molar-refractivity contribution in [2.75, 3.05) is 18.4 Å². The molecular formula is C19H22N2O2. The minimum absolute atomic E-state index is 0.0198. The minimum atomic E-state index is -0.0198. The van der Waals surface area contributed by atoms with Crippen LogP contribution in [0.5, 0.6) is 11.5 Å². The van der Waals surface area contributed by atoms with Crippen molar-refractivity contribution in [2.24, 2.45) is 5.92 Å². The molecule has 2 aromatic rings. The van der Waals surface area contributed by atoms with Crippen molar-refractivity contribution in [1.29, 1.82) is 0 Å². The van der Waals surface area contributed by atoms with E-state index in [1.807, 2.05) is 59.5 Å². The molecule has 1 aliphatic heterocycles. The number of hydrogen-bond donors (Lipinski definition) is 1. The lowest BCUT2D eigenvalue weighted by Gasteiger charge is -2.30. The number of hydrogen-bond acceptors (Lipinski definition) is 2. The number of carbonyl (C=O) groups is 1. The van der Waals surface area contributed by atoms with Gasteiger partial charge in [-0.1, -0.05) is 25.1 Å². The third-order valence-corrected chi connectivity index (χ3v) is 4.16. The predicted octanol–water partition coefficient (Wildman–Crippen LogP) is 4.74. The van der Waals surface area contributed by atoms with Crippen LogP contribution in [-0.2, 0) is 0 Å². The first-order chi connectivity index (χ1) is 11.2. The van der Waals surface area contributed by atoms with Crippen LogP contribution in [0.4, 0.5) is 10.5 Å². The second kappa shape index (κ2) is 7.18. The first-order valence-electron chi connectivity index (χ1n) is 8.09. The quantitative estimate of drug-likeness (QED) is 0.889. The number of benzene rings is 2. The fraction of sp³-hybridized carbons (Fsp3) is 0.316. The van der Waals surface area contributed by atoms with E-state index in [1.54, 1.807) is 0 Å². The maximum atomic E-state index is 12.2. The average Bonchev–Trinajstić information content (AvgIpc) is 2.58. The van der Waals surface area contributed by atoms with E-state index in [4.69, 9.17) is 4.74 Å². The Bertz CT molecular complexity index is 632. The van der Waals surface area contributed by atoms with Crippen molar-refractivity contribution in [3.63, 3.8) is 0 Å². The van der Waals surface area contributed by atoms with Gasteiger partial charge in [-0.25, -0.2) is 4.79 Å². The van der Waals surface area contributed by atoms with Crippen LogP contribution in [0, 0.1) is 5.92 Å². The maximum absolute atomic E-state index is 12.2. The molecule has 2 aromatic carbocycles. The summed E-state index contributed by atoms with van der Waals surface area (Å²) in [5.74, 6) is 2.26. The van der Waals surface area contributed by atoms with E-state index < -0.39 is 0 Å². The molecule has 0 spiro atoms. The van der Waals surface area contributed by atoms with Crippen LogP contribution in [0.3, 0.4) is 0 Å². The summed E-state index contributed by atoms with van der Waals surface area (Å²) in [6.07, 6.45) is 2.16. The summed E-state index contributed by atoms with van der Waals surface area (Å²) in [4.78, 5) is 14.1. The van der Waals surface area contributed by atoms with E-state index in [0.717, 1.165) is 43.1 Å². The first-order valence-corrected chi connectivity index (χ1v) is 8.09. The van der Waals surface area contributed by atoms with Crippen LogP contribution in [0.1, 0.15) is 19.8 Å². The van der Waals surface area contributed by atoms with Crippen molar-refractivity contribution in [2.45, 2.75) is 19.8 Å². The van der Waals surface area contributed by atoms with E-state index in [9.17, 15) is 4.79 Å². The molecule has 2 amide bonds. The van der Waals surface area contributed by atoms with Gasteiger partial charge in [0, 0.05) is 18.8 Å². The highest BCUT2D eigenvalue weighted by Gasteiger charge is 2.20. The second-order valence-electron chi connectivity index (χ2n) is 6.04. The molecule has 1 saturated heterocycles. The van der Waals surface area contributed by atoms with Gasteiger partial charge >= 0.3 is 6.03 Å². The smallest absolute Gasteiger partial charge is 0.321 e. The number of urea groups is 1. The van der Waals surface area contributed by atoms with E-state index in [0.29, 0.717) is 5.92 Å². The summed E-state index contributed by atoms with van der Waals surface area (Å²) >= 11 is 0. The molecule has 1 N–H and O–H groups in total. The molecular weight excluding hydrogens is 288 g/mol. The normalized spacial score (nSPS) is 15.3. The Labute approximate surface area is 137 Å². The Morgan fingerprint density at radius 2 is 1.61 bits per heavy atom. The van der Waals surface area contributed by atoms with Gasteiger partial charge in [-0.15, -0.1) is 0 Å². The molecule has 0 aromatic heterocycles. The Balaban J connectivity index is 1.56. The predicted molar refractivity (Wildman–Crippen MR) is 91.9 cm³/mol. The van der Waals surface area contributed by atoms with Gasteiger partial charge in [0.2, 0.25) is 0 Å². The Hall–Kier alpha value is -2.49. The maximum Gasteiger partial charge on any atom is 0.321 e. The zero-order valence-electron chi connectivity index (χ0n) is 13.4. The van der Waals surface area contributed by atoms with Gasteiger partial charge in [-0.2, -0.15) is 0 Å². The summed E-state index contributed by atoms with van der Waals surface area (Å²) in [6, 6.07) is 17.1. The Kier molecular flexibility index (Phi) is 4.81. The summed E-state index contributed by atoms with van der Waals surface area (Å²) < 4.78 is 5.74. The minimum Gasteiger partial charge on any atom is -0.457 e. The first kappa shape index (κ1) is 15.4. The molecule has 0 atom stereocenters. The fourth-order valence-corrected chi connectivity index (χ4v) is 2.65. The van der Waals surface area contributed by atoms with Crippen LogP contribution in [-0.4, -0.2) is 24.0 Å². The topological polar surface area (TPSA) is 41.6 Å². The molecule has 120 valence electrons. The molecule has 1 heterocycles. The molecule has 1 fully saturated rings. The second-order valence-corrected chi connectivity index (χ2v) is 6.04. The third kappa shape index (κ3) is 4.25. The largest absolute Gasteiger partial charge is 0.457 e. The highest BCUT2D eigenvalue weighted by molar-refractivity contribution is 5.89. The van der Waals surface area contributed by atoms with E-state index in [-0.39, 0.29) is 6.03 Å². The van der Waals surface area contributed by atoms with Crippen LogP contribution >= 0.6 is 0 Å². The van der Waals surface area contributed by atoms with Crippen LogP contribution in [0.15, 0.2) is 54.6 Å². The number of amides is 2. The van der Waals surface area contributed by atoms with Gasteiger partial charge in [-0.05, 0) is 55.2 Å². The van der Waals surface area contributed by atoms with E-state index in [2.05, 4.69) is 12.2 Å². The molecule has 4 nitrogen and oxygen atoms in total. The number of nitrogens with one attached hydrogen (secondary N) is 1. The summed E-state index contributed by atoms with van der Waals surface area (Å²) in [5.41, 5.74) is 0.786. The number of likely N-dealkylation sites (tertiary alicyclic amines) is 1. The van der Waals surface area contributed by atoms with Gasteiger partial charge in [0.25, 0.3) is 0 Å². The monoisotopic (exact) mass is 310 g/mol. The average molecular weight is 310 g/mol. The molecule has 23 heavy (non-hydrogen) atoms. The Morgan fingerprint density at radius 1 is 1.00 bits per heavy atom. The number of nitrogens with zero attached hydrogens (tertiary/aromatic N) is 1. The molecule has 1 aliphatic rings. The van der Waals surface area contributed by atoms with Crippen molar-refractivity contribution in [3.8, 4) is 11.5 Å². The van der Waals surface area contributed by atoms with Crippen LogP contribution in [0.2, 0.25) is 0 Å². The van der Waals surface area contributed by atoms with Gasteiger partial charge in [0.1, 0.15) is 11.5 Å². The number of ether oxygens (including phenoxy) is 1. The lowest BCUT2D eigenvalue weighted by molar-refractivity contribution is 0.186. The summed E-state index contributed by atoms with van der Waals surface area (Å²) in [5, 5.41) is 2.95. The third-order valence-electron chi connectivity index (χ3n) is 4.16. The summed E-state index contributed by atoms with van der Waals surface area (Å²) in [7, 11) is 0. The van der Waals surface area contributed by atoms with Gasteiger partial charge in [-0.3, -0.25) is 0 Å². The lowest BCUT2D eigenvalue weighted by atomic mass is 10.00.